The van der Waals surface area contributed by atoms with Gasteiger partial charge in [-0.25, -0.2) is 5.06 Å². The number of halogens is 1. The Morgan fingerprint density at radius 1 is 1.34 bits per heavy atom. The smallest absolute Gasteiger partial charge is 0.261 e. The van der Waals surface area contributed by atoms with Crippen LogP contribution in [0.25, 0.3) is 0 Å². The summed E-state index contributed by atoms with van der Waals surface area (Å²) in [5.41, 5.74) is 1.75. The number of rotatable bonds is 5. The number of aliphatic imine (C=N–C) groups is 1. The first-order chi connectivity index (χ1) is 14.0. The van der Waals surface area contributed by atoms with Gasteiger partial charge < -0.3 is 20.1 Å². The minimum Gasteiger partial charge on any atom is -0.351 e. The molecule has 0 radical (unpaired) electrons. The van der Waals surface area contributed by atoms with Gasteiger partial charge in [0.1, 0.15) is 0 Å². The predicted octanol–water partition coefficient (Wildman–Crippen LogP) is 1.94. The molecule has 2 N–H and O–H groups in total. The van der Waals surface area contributed by atoms with Crippen molar-refractivity contribution in [3.05, 3.63) is 51.2 Å². The van der Waals surface area contributed by atoms with Gasteiger partial charge in [0.15, 0.2) is 5.84 Å². The molecule has 0 saturated carbocycles. The van der Waals surface area contributed by atoms with Crippen molar-refractivity contribution in [2.45, 2.75) is 12.5 Å². The van der Waals surface area contributed by atoms with E-state index in [1.807, 2.05) is 31.3 Å². The number of aliphatic hydroxyl groups excluding tert-OH is 1. The first-order valence-electron chi connectivity index (χ1n) is 9.16. The normalized spacial score (nSPS) is 22.0. The molecule has 8 nitrogen and oxygen atoms in total. The fraction of sp³-hybridized carbons (Fsp3) is 0.368. The molecule has 1 aromatic carbocycles. The summed E-state index contributed by atoms with van der Waals surface area (Å²) in [6.45, 7) is 1.95. The lowest BCUT2D eigenvalue weighted by Gasteiger charge is -2.25. The van der Waals surface area contributed by atoms with Crippen LogP contribution in [0.5, 0.6) is 0 Å². The Morgan fingerprint density at radius 3 is 2.83 bits per heavy atom. The second kappa shape index (κ2) is 8.68. The summed E-state index contributed by atoms with van der Waals surface area (Å²) in [6, 6.07) is 11.0. The van der Waals surface area contributed by atoms with Crippen LogP contribution < -0.4 is 10.2 Å². The van der Waals surface area contributed by atoms with Gasteiger partial charge in [-0.1, -0.05) is 11.6 Å². The van der Waals surface area contributed by atoms with Gasteiger partial charge in [-0.15, -0.1) is 11.3 Å². The maximum Gasteiger partial charge on any atom is 0.261 e. The maximum absolute atomic E-state index is 12.1. The third kappa shape index (κ3) is 4.54. The Morgan fingerprint density at radius 2 is 2.14 bits per heavy atom. The predicted molar refractivity (Wildman–Crippen MR) is 111 cm³/mol. The van der Waals surface area contributed by atoms with Crippen molar-refractivity contribution in [3.63, 3.8) is 0 Å². The van der Waals surface area contributed by atoms with Crippen molar-refractivity contribution in [1.82, 2.24) is 10.4 Å². The molecule has 2 aromatic rings. The highest BCUT2D eigenvalue weighted by Crippen LogP contribution is 2.25. The van der Waals surface area contributed by atoms with Crippen LogP contribution in [0.4, 0.5) is 5.69 Å². The zero-order valence-corrected chi connectivity index (χ0v) is 17.3. The Labute approximate surface area is 177 Å². The van der Waals surface area contributed by atoms with Gasteiger partial charge in [-0.3, -0.25) is 14.6 Å². The monoisotopic (exact) mass is 436 g/mol. The van der Waals surface area contributed by atoms with E-state index in [1.165, 1.54) is 11.3 Å². The van der Waals surface area contributed by atoms with Crippen LogP contribution in [0.15, 0.2) is 41.4 Å². The Bertz CT molecular complexity index is 904. The lowest BCUT2D eigenvalue weighted by atomic mass is 10.1. The zero-order chi connectivity index (χ0) is 20.4. The van der Waals surface area contributed by atoms with E-state index in [4.69, 9.17) is 21.2 Å². The maximum atomic E-state index is 12.1. The summed E-state index contributed by atoms with van der Waals surface area (Å²) < 4.78 is 6.14. The lowest BCUT2D eigenvalue weighted by Crippen LogP contribution is -2.34. The fourth-order valence-electron chi connectivity index (χ4n) is 3.24. The Balaban J connectivity index is 1.36. The number of carbonyl (C=O) groups excluding carboxylic acids is 1. The SMILES string of the molecule is CN1OCCN=C1c1ccc(N2CC(CNC(=O)c3ccc(Cl)s3)OC2O)cc1. The summed E-state index contributed by atoms with van der Waals surface area (Å²) in [4.78, 5) is 24.4. The van der Waals surface area contributed by atoms with Crippen molar-refractivity contribution >= 4 is 40.4 Å². The molecule has 1 fully saturated rings. The molecule has 0 aliphatic carbocycles. The number of carbonyl (C=O) groups is 1. The number of thiophene rings is 1. The van der Waals surface area contributed by atoms with Crippen LogP contribution in [0.1, 0.15) is 15.2 Å². The minimum absolute atomic E-state index is 0.206. The van der Waals surface area contributed by atoms with Crippen LogP contribution in [0.2, 0.25) is 4.34 Å². The number of nitrogens with zero attached hydrogens (tertiary/aromatic N) is 3. The van der Waals surface area contributed by atoms with E-state index >= 15 is 0 Å². The first-order valence-corrected chi connectivity index (χ1v) is 10.4. The molecule has 0 spiro atoms. The average molecular weight is 437 g/mol. The highest BCUT2D eigenvalue weighted by atomic mass is 35.5. The molecule has 2 aliphatic rings. The van der Waals surface area contributed by atoms with Crippen molar-refractivity contribution in [3.8, 4) is 0 Å². The van der Waals surface area contributed by atoms with Crippen molar-refractivity contribution in [2.75, 3.05) is 38.2 Å². The van der Waals surface area contributed by atoms with E-state index in [-0.39, 0.29) is 12.0 Å². The topological polar surface area (TPSA) is 86.6 Å². The van der Waals surface area contributed by atoms with Crippen LogP contribution >= 0.6 is 22.9 Å². The third-order valence-electron chi connectivity index (χ3n) is 4.66. The second-order valence-electron chi connectivity index (χ2n) is 6.63. The number of amides is 1. The second-order valence-corrected chi connectivity index (χ2v) is 8.35. The molecule has 29 heavy (non-hydrogen) atoms. The van der Waals surface area contributed by atoms with Gasteiger partial charge in [0, 0.05) is 24.8 Å². The van der Waals surface area contributed by atoms with Crippen LogP contribution in [0, 0.1) is 0 Å². The number of nitrogens with one attached hydrogen (secondary N) is 1. The van der Waals surface area contributed by atoms with Crippen LogP contribution in [0.3, 0.4) is 0 Å². The zero-order valence-electron chi connectivity index (χ0n) is 15.7. The molecule has 2 atom stereocenters. The van der Waals surface area contributed by atoms with Gasteiger partial charge in [-0.05, 0) is 36.4 Å². The summed E-state index contributed by atoms with van der Waals surface area (Å²) >= 11 is 7.08. The highest BCUT2D eigenvalue weighted by molar-refractivity contribution is 7.17. The third-order valence-corrected chi connectivity index (χ3v) is 5.89. The molecular weight excluding hydrogens is 416 g/mol. The molecular formula is C19H21ClN4O4S. The van der Waals surface area contributed by atoms with E-state index in [1.54, 1.807) is 22.1 Å². The first kappa shape index (κ1) is 20.1. The van der Waals surface area contributed by atoms with Gasteiger partial charge in [-0.2, -0.15) is 0 Å². The van der Waals surface area contributed by atoms with E-state index in [0.717, 1.165) is 17.1 Å². The molecule has 2 unspecified atom stereocenters. The Kier molecular flexibility index (Phi) is 6.02. The molecule has 1 aromatic heterocycles. The van der Waals surface area contributed by atoms with Crippen LogP contribution in [-0.2, 0) is 9.57 Å². The molecule has 2 aliphatic heterocycles. The number of ether oxygens (including phenoxy) is 1. The molecule has 10 heteroatoms. The van der Waals surface area contributed by atoms with Gasteiger partial charge in [0.2, 0.25) is 6.41 Å². The minimum atomic E-state index is -1.07. The number of hydrogen-bond acceptors (Lipinski definition) is 8. The number of amidine groups is 1. The summed E-state index contributed by atoms with van der Waals surface area (Å²) in [5.74, 6) is 0.567. The summed E-state index contributed by atoms with van der Waals surface area (Å²) in [6.07, 6.45) is -1.40. The number of hydroxylamine groups is 2. The van der Waals surface area contributed by atoms with Crippen LogP contribution in [-0.4, -0.2) is 67.7 Å². The van der Waals surface area contributed by atoms with Crippen molar-refractivity contribution in [2.24, 2.45) is 4.99 Å². The summed E-state index contributed by atoms with van der Waals surface area (Å²) in [5, 5.41) is 14.8. The largest absolute Gasteiger partial charge is 0.351 e. The average Bonchev–Trinajstić information content (AvgIpc) is 3.32. The Hall–Kier alpha value is -2.17. The van der Waals surface area contributed by atoms with Crippen molar-refractivity contribution < 1.29 is 19.5 Å². The van der Waals surface area contributed by atoms with Crippen molar-refractivity contribution in [1.29, 1.82) is 0 Å². The molecule has 4 rings (SSSR count). The molecule has 0 bridgehead atoms. The fourth-order valence-corrected chi connectivity index (χ4v) is 4.20. The number of aliphatic hydroxyl groups is 1. The summed E-state index contributed by atoms with van der Waals surface area (Å²) in [7, 11) is 1.83. The number of hydrogen-bond donors (Lipinski definition) is 2. The molecule has 3 heterocycles. The van der Waals surface area contributed by atoms with E-state index in [2.05, 4.69) is 10.3 Å². The quantitative estimate of drug-likeness (QED) is 0.745. The molecule has 1 amide bonds. The number of anilines is 1. The van der Waals surface area contributed by atoms with E-state index in [0.29, 0.717) is 35.5 Å². The van der Waals surface area contributed by atoms with E-state index < -0.39 is 6.41 Å². The standard InChI is InChI=1S/C19H21ClN4O4S/c1-23-17(21-8-9-27-23)12-2-4-13(5-3-12)24-11-14(28-19(24)26)10-22-18(25)15-6-7-16(20)29-15/h2-7,14,19,26H,8-11H2,1H3,(H,22,25). The van der Waals surface area contributed by atoms with Gasteiger partial charge in [0.25, 0.3) is 5.91 Å². The lowest BCUT2D eigenvalue weighted by molar-refractivity contribution is -0.0868. The molecule has 1 saturated heterocycles. The highest BCUT2D eigenvalue weighted by Gasteiger charge is 2.32. The number of benzene rings is 1. The molecule has 154 valence electrons. The van der Waals surface area contributed by atoms with E-state index in [9.17, 15) is 9.90 Å². The van der Waals surface area contributed by atoms with Gasteiger partial charge in [0.05, 0.1) is 35.0 Å². The van der Waals surface area contributed by atoms with Gasteiger partial charge >= 0.3 is 0 Å².